The van der Waals surface area contributed by atoms with Crippen molar-refractivity contribution in [3.8, 4) is 5.75 Å². The van der Waals surface area contributed by atoms with Crippen LogP contribution in [0.15, 0.2) is 42.5 Å². The summed E-state index contributed by atoms with van der Waals surface area (Å²) in [6.07, 6.45) is -4.49. The molecule has 3 aromatic rings. The molecule has 0 bridgehead atoms. The molecule has 0 aliphatic carbocycles. The van der Waals surface area contributed by atoms with Crippen molar-refractivity contribution in [2.45, 2.75) is 19.4 Å². The van der Waals surface area contributed by atoms with E-state index in [0.717, 1.165) is 6.42 Å². The Balaban J connectivity index is 1.13. The van der Waals surface area contributed by atoms with Gasteiger partial charge in [-0.1, -0.05) is 12.1 Å². The van der Waals surface area contributed by atoms with E-state index in [2.05, 4.69) is 20.1 Å². The minimum Gasteiger partial charge on any atom is -0.445 e. The lowest BCUT2D eigenvalue weighted by Gasteiger charge is -2.33. The zero-order valence-corrected chi connectivity index (χ0v) is 18.5. The van der Waals surface area contributed by atoms with Gasteiger partial charge in [0.2, 0.25) is 0 Å². The van der Waals surface area contributed by atoms with Gasteiger partial charge in [-0.25, -0.2) is 4.79 Å². The Morgan fingerprint density at radius 2 is 1.69 bits per heavy atom. The van der Waals surface area contributed by atoms with Crippen LogP contribution >= 0.6 is 0 Å². The van der Waals surface area contributed by atoms with E-state index in [0.29, 0.717) is 54.3 Å². The molecule has 3 heterocycles. The van der Waals surface area contributed by atoms with Crippen LogP contribution in [-0.4, -0.2) is 69.8 Å². The van der Waals surface area contributed by atoms with Gasteiger partial charge in [-0.05, 0) is 54.2 Å². The second-order valence-corrected chi connectivity index (χ2v) is 8.74. The molecule has 5 rings (SSSR count). The van der Waals surface area contributed by atoms with Crippen LogP contribution in [0.1, 0.15) is 22.3 Å². The van der Waals surface area contributed by atoms with Gasteiger partial charge in [0, 0.05) is 31.7 Å². The topological polar surface area (TPSA) is 101 Å². The molecular formula is C23H22F3N5O4. The van der Waals surface area contributed by atoms with Crippen molar-refractivity contribution in [1.29, 1.82) is 0 Å². The molecule has 1 N–H and O–H groups in total. The Hall–Kier alpha value is -3.83. The molecule has 0 spiro atoms. The SMILES string of the molecule is O=C(OCc1ccc(OC(F)(F)F)cc1)N1CCC2CN(C(=O)c3ccc4n[nH]nc4c3)CC2C1. The number of piperidine rings is 1. The number of hydrogen-bond donors (Lipinski definition) is 1. The number of fused-ring (bicyclic) bond motifs is 2. The first-order chi connectivity index (χ1) is 16.7. The number of hydrogen-bond acceptors (Lipinski definition) is 6. The summed E-state index contributed by atoms with van der Waals surface area (Å²) < 4.78 is 46.0. The highest BCUT2D eigenvalue weighted by Gasteiger charge is 2.40. The monoisotopic (exact) mass is 489 g/mol. The van der Waals surface area contributed by atoms with Crippen LogP contribution in [-0.2, 0) is 11.3 Å². The molecule has 2 aromatic carbocycles. The van der Waals surface area contributed by atoms with Gasteiger partial charge in [-0.2, -0.15) is 15.4 Å². The number of likely N-dealkylation sites (tertiary alicyclic amines) is 2. The van der Waals surface area contributed by atoms with E-state index >= 15 is 0 Å². The summed E-state index contributed by atoms with van der Waals surface area (Å²) in [5.41, 5.74) is 2.41. The zero-order valence-electron chi connectivity index (χ0n) is 18.5. The Bertz CT molecular complexity index is 1230. The fraction of sp³-hybridized carbons (Fsp3) is 0.391. The van der Waals surface area contributed by atoms with Gasteiger partial charge in [0.05, 0.1) is 0 Å². The molecule has 12 heteroatoms. The van der Waals surface area contributed by atoms with Crippen LogP contribution in [0.25, 0.3) is 11.0 Å². The van der Waals surface area contributed by atoms with Crippen molar-refractivity contribution in [2.75, 3.05) is 26.2 Å². The molecular weight excluding hydrogens is 467 g/mol. The standard InChI is InChI=1S/C23H22F3N5O4/c24-23(25,26)35-18-4-1-14(2-5-18)13-34-22(33)30-8-7-16-10-31(12-17(16)11-30)21(32)15-3-6-19-20(9-15)28-29-27-19/h1-6,9,16-17H,7-8,10-13H2,(H,27,28,29). The molecule has 0 radical (unpaired) electrons. The van der Waals surface area contributed by atoms with Crippen molar-refractivity contribution in [1.82, 2.24) is 25.2 Å². The Labute approximate surface area is 197 Å². The molecule has 1 aromatic heterocycles. The van der Waals surface area contributed by atoms with E-state index < -0.39 is 12.5 Å². The van der Waals surface area contributed by atoms with Gasteiger partial charge in [0.15, 0.2) is 0 Å². The maximum Gasteiger partial charge on any atom is 0.573 e. The average Bonchev–Trinajstić information content (AvgIpc) is 3.47. The number of halogens is 3. The molecule has 0 saturated carbocycles. The van der Waals surface area contributed by atoms with Gasteiger partial charge >= 0.3 is 12.5 Å². The van der Waals surface area contributed by atoms with Crippen LogP contribution in [0.5, 0.6) is 5.75 Å². The molecule has 2 unspecified atom stereocenters. The Kier molecular flexibility index (Phi) is 5.95. The van der Waals surface area contributed by atoms with Crippen LogP contribution in [0.4, 0.5) is 18.0 Å². The molecule has 2 saturated heterocycles. The average molecular weight is 489 g/mol. The minimum absolute atomic E-state index is 0.0646. The molecule has 2 fully saturated rings. The minimum atomic E-state index is -4.76. The predicted octanol–water partition coefficient (Wildman–Crippen LogP) is 3.59. The lowest BCUT2D eigenvalue weighted by molar-refractivity contribution is -0.274. The first-order valence-corrected chi connectivity index (χ1v) is 11.1. The summed E-state index contributed by atoms with van der Waals surface area (Å²) >= 11 is 0. The van der Waals surface area contributed by atoms with Crippen molar-refractivity contribution >= 4 is 23.0 Å². The fourth-order valence-electron chi connectivity index (χ4n) is 4.68. The maximum absolute atomic E-state index is 13.0. The summed E-state index contributed by atoms with van der Waals surface area (Å²) in [5.74, 6) is 0.0436. The number of rotatable bonds is 4. The number of amides is 2. The number of nitrogens with one attached hydrogen (secondary N) is 1. The fourth-order valence-corrected chi connectivity index (χ4v) is 4.68. The van der Waals surface area contributed by atoms with Crippen molar-refractivity contribution < 1.29 is 32.2 Å². The second kappa shape index (κ2) is 9.08. The highest BCUT2D eigenvalue weighted by molar-refractivity contribution is 5.97. The third-order valence-electron chi connectivity index (χ3n) is 6.43. The number of carbonyl (C=O) groups excluding carboxylic acids is 2. The van der Waals surface area contributed by atoms with Crippen LogP contribution in [0.3, 0.4) is 0 Å². The second-order valence-electron chi connectivity index (χ2n) is 8.74. The van der Waals surface area contributed by atoms with Crippen molar-refractivity contribution in [2.24, 2.45) is 11.8 Å². The first-order valence-electron chi connectivity index (χ1n) is 11.1. The lowest BCUT2D eigenvalue weighted by atomic mass is 9.89. The zero-order chi connectivity index (χ0) is 24.6. The summed E-state index contributed by atoms with van der Waals surface area (Å²) in [6.45, 7) is 2.12. The number of benzene rings is 2. The molecule has 184 valence electrons. The highest BCUT2D eigenvalue weighted by Crippen LogP contribution is 2.32. The van der Waals surface area contributed by atoms with Crippen molar-refractivity contribution in [3.05, 3.63) is 53.6 Å². The van der Waals surface area contributed by atoms with E-state index in [1.165, 1.54) is 24.3 Å². The first kappa shape index (κ1) is 22.9. The largest absolute Gasteiger partial charge is 0.573 e. The van der Waals surface area contributed by atoms with Gasteiger partial charge in [0.25, 0.3) is 5.91 Å². The van der Waals surface area contributed by atoms with Crippen LogP contribution < -0.4 is 4.74 Å². The predicted molar refractivity (Wildman–Crippen MR) is 116 cm³/mol. The number of H-pyrrole nitrogens is 1. The normalized spacial score (nSPS) is 20.1. The van der Waals surface area contributed by atoms with E-state index in [1.54, 1.807) is 23.1 Å². The number of nitrogens with zero attached hydrogens (tertiary/aromatic N) is 4. The Morgan fingerprint density at radius 1 is 0.971 bits per heavy atom. The summed E-state index contributed by atoms with van der Waals surface area (Å²) in [5, 5.41) is 10.6. The lowest BCUT2D eigenvalue weighted by Crippen LogP contribution is -2.43. The smallest absolute Gasteiger partial charge is 0.445 e. The van der Waals surface area contributed by atoms with E-state index in [4.69, 9.17) is 4.74 Å². The third-order valence-corrected chi connectivity index (χ3v) is 6.43. The van der Waals surface area contributed by atoms with Gasteiger partial charge in [-0.3, -0.25) is 4.79 Å². The molecule has 35 heavy (non-hydrogen) atoms. The number of aromatic amines is 1. The number of carbonyl (C=O) groups is 2. The third kappa shape index (κ3) is 5.15. The van der Waals surface area contributed by atoms with E-state index in [9.17, 15) is 22.8 Å². The van der Waals surface area contributed by atoms with Gasteiger partial charge in [0.1, 0.15) is 23.4 Å². The number of aromatic nitrogens is 3. The number of alkyl halides is 3. The summed E-state index contributed by atoms with van der Waals surface area (Å²) in [6, 6.07) is 10.4. The van der Waals surface area contributed by atoms with E-state index in [1.807, 2.05) is 4.90 Å². The summed E-state index contributed by atoms with van der Waals surface area (Å²) in [7, 11) is 0. The van der Waals surface area contributed by atoms with E-state index in [-0.39, 0.29) is 24.2 Å². The molecule has 2 amide bonds. The number of ether oxygens (including phenoxy) is 2. The summed E-state index contributed by atoms with van der Waals surface area (Å²) in [4.78, 5) is 29.0. The molecule has 2 aliphatic rings. The quantitative estimate of drug-likeness (QED) is 0.601. The maximum atomic E-state index is 13.0. The van der Waals surface area contributed by atoms with Gasteiger partial charge in [-0.15, -0.1) is 13.2 Å². The van der Waals surface area contributed by atoms with Crippen molar-refractivity contribution in [3.63, 3.8) is 0 Å². The van der Waals surface area contributed by atoms with Gasteiger partial charge < -0.3 is 19.3 Å². The molecule has 9 nitrogen and oxygen atoms in total. The highest BCUT2D eigenvalue weighted by atomic mass is 19.4. The Morgan fingerprint density at radius 3 is 2.46 bits per heavy atom. The van der Waals surface area contributed by atoms with Crippen LogP contribution in [0.2, 0.25) is 0 Å². The molecule has 2 aliphatic heterocycles. The molecule has 2 atom stereocenters. The van der Waals surface area contributed by atoms with Crippen LogP contribution in [0, 0.1) is 11.8 Å².